The monoisotopic (exact) mass is 330 g/mol. The Morgan fingerprint density at radius 1 is 1.52 bits per heavy atom. The fourth-order valence-electron chi connectivity index (χ4n) is 1.86. The third-order valence-electron chi connectivity index (χ3n) is 2.78. The number of thiazole rings is 1. The van der Waals surface area contributed by atoms with Crippen molar-refractivity contribution in [2.75, 3.05) is 12.4 Å². The molecule has 1 atom stereocenters. The standard InChI is InChI=1S/C13H12N2O3S2.Na/c1-2-18-7-3-4-8-10(5-7)20-12(14-8)11-15-9(6-19-11)13(16)17;/h3-5,9H,2,6H2,1H3,(H,16,17);/q;+1/p-1. The van der Waals surface area contributed by atoms with E-state index in [1.807, 2.05) is 25.1 Å². The summed E-state index contributed by atoms with van der Waals surface area (Å²) in [6.45, 7) is 2.55. The van der Waals surface area contributed by atoms with Crippen LogP contribution in [0.5, 0.6) is 5.75 Å². The van der Waals surface area contributed by atoms with Gasteiger partial charge >= 0.3 is 29.6 Å². The average molecular weight is 330 g/mol. The van der Waals surface area contributed by atoms with Crippen molar-refractivity contribution in [2.24, 2.45) is 4.99 Å². The average Bonchev–Trinajstić information content (AvgIpc) is 3.05. The van der Waals surface area contributed by atoms with E-state index in [1.165, 1.54) is 23.1 Å². The number of hydrogen-bond acceptors (Lipinski definition) is 7. The molecule has 2 aromatic rings. The van der Waals surface area contributed by atoms with E-state index < -0.39 is 12.0 Å². The maximum atomic E-state index is 10.8. The largest absolute Gasteiger partial charge is 1.00 e. The van der Waals surface area contributed by atoms with Gasteiger partial charge in [-0.05, 0) is 25.1 Å². The molecule has 0 amide bonds. The van der Waals surface area contributed by atoms with Crippen molar-refractivity contribution in [3.8, 4) is 5.75 Å². The molecule has 21 heavy (non-hydrogen) atoms. The Morgan fingerprint density at radius 2 is 2.33 bits per heavy atom. The molecule has 0 saturated heterocycles. The smallest absolute Gasteiger partial charge is 0.548 e. The molecule has 1 aromatic carbocycles. The van der Waals surface area contributed by atoms with Gasteiger partial charge in [-0.25, -0.2) is 4.98 Å². The molecule has 0 fully saturated rings. The summed E-state index contributed by atoms with van der Waals surface area (Å²) in [5.74, 6) is 0.0914. The van der Waals surface area contributed by atoms with Gasteiger partial charge in [-0.3, -0.25) is 4.99 Å². The predicted octanol–water partition coefficient (Wildman–Crippen LogP) is -1.69. The Balaban J connectivity index is 0.00000161. The van der Waals surface area contributed by atoms with Gasteiger partial charge in [0.25, 0.3) is 0 Å². The van der Waals surface area contributed by atoms with Crippen LogP contribution in [-0.2, 0) is 4.79 Å². The molecule has 0 spiro atoms. The van der Waals surface area contributed by atoms with Gasteiger partial charge < -0.3 is 14.6 Å². The van der Waals surface area contributed by atoms with Crippen LogP contribution in [0.1, 0.15) is 11.9 Å². The molecule has 1 aliphatic heterocycles. The van der Waals surface area contributed by atoms with Crippen molar-refractivity contribution in [1.29, 1.82) is 0 Å². The molecule has 1 unspecified atom stereocenters. The van der Waals surface area contributed by atoms with Gasteiger partial charge in [-0.2, -0.15) is 0 Å². The van der Waals surface area contributed by atoms with Gasteiger partial charge in [0, 0.05) is 5.75 Å². The van der Waals surface area contributed by atoms with Crippen molar-refractivity contribution in [2.45, 2.75) is 13.0 Å². The van der Waals surface area contributed by atoms with Crippen molar-refractivity contribution in [1.82, 2.24) is 4.98 Å². The number of rotatable bonds is 4. The number of aromatic nitrogens is 1. The fraction of sp³-hybridized carbons (Fsp3) is 0.308. The minimum Gasteiger partial charge on any atom is -0.548 e. The zero-order chi connectivity index (χ0) is 14.1. The number of hydrogen-bond donors (Lipinski definition) is 0. The van der Waals surface area contributed by atoms with Crippen LogP contribution < -0.4 is 39.4 Å². The van der Waals surface area contributed by atoms with Gasteiger partial charge in [0.15, 0.2) is 0 Å². The first-order valence-electron chi connectivity index (χ1n) is 6.12. The van der Waals surface area contributed by atoms with Gasteiger partial charge in [-0.1, -0.05) is 0 Å². The maximum Gasteiger partial charge on any atom is 1.00 e. The Hall–Kier alpha value is -0.600. The third kappa shape index (κ3) is 3.60. The first-order valence-corrected chi connectivity index (χ1v) is 7.93. The number of nitrogens with zero attached hydrogens (tertiary/aromatic N) is 2. The number of carbonyl (C=O) groups excluding carboxylic acids is 1. The molecule has 0 aliphatic carbocycles. The van der Waals surface area contributed by atoms with Crippen LogP contribution in [0.25, 0.3) is 10.2 Å². The van der Waals surface area contributed by atoms with Crippen LogP contribution in [0.3, 0.4) is 0 Å². The van der Waals surface area contributed by atoms with Gasteiger partial charge in [-0.15, -0.1) is 23.1 Å². The Morgan fingerprint density at radius 3 is 3.00 bits per heavy atom. The number of ether oxygens (including phenoxy) is 1. The molecular formula is C13H11N2NaO3S2. The van der Waals surface area contributed by atoms with E-state index in [2.05, 4.69) is 9.98 Å². The van der Waals surface area contributed by atoms with Crippen molar-refractivity contribution < 1.29 is 44.2 Å². The molecule has 5 nitrogen and oxygen atoms in total. The second-order valence-electron chi connectivity index (χ2n) is 4.16. The molecule has 104 valence electrons. The van der Waals surface area contributed by atoms with Crippen LogP contribution in [0.15, 0.2) is 23.2 Å². The van der Waals surface area contributed by atoms with Crippen LogP contribution in [0.2, 0.25) is 0 Å². The quantitative estimate of drug-likeness (QED) is 0.626. The van der Waals surface area contributed by atoms with Crippen LogP contribution >= 0.6 is 23.1 Å². The Labute approximate surface area is 152 Å². The second kappa shape index (κ2) is 7.11. The summed E-state index contributed by atoms with van der Waals surface area (Å²) in [5.41, 5.74) is 0.869. The van der Waals surface area contributed by atoms with E-state index in [0.717, 1.165) is 21.0 Å². The number of aliphatic carboxylic acids is 1. The first kappa shape index (κ1) is 16.8. The third-order valence-corrected chi connectivity index (χ3v) is 4.99. The number of carboxylic acid groups (broad SMARTS) is 1. The molecule has 0 bridgehead atoms. The van der Waals surface area contributed by atoms with Crippen LogP contribution in [-0.4, -0.2) is 34.4 Å². The predicted molar refractivity (Wildman–Crippen MR) is 78.6 cm³/mol. The van der Waals surface area contributed by atoms with Crippen molar-refractivity contribution >= 4 is 44.3 Å². The number of carboxylic acids is 1. The van der Waals surface area contributed by atoms with E-state index >= 15 is 0 Å². The van der Waals surface area contributed by atoms with E-state index in [1.54, 1.807) is 0 Å². The Kier molecular flexibility index (Phi) is 5.67. The van der Waals surface area contributed by atoms with Crippen molar-refractivity contribution in [3.05, 3.63) is 23.2 Å². The summed E-state index contributed by atoms with van der Waals surface area (Å²) in [6, 6.07) is 4.96. The van der Waals surface area contributed by atoms with E-state index in [4.69, 9.17) is 4.74 Å². The molecular weight excluding hydrogens is 319 g/mol. The maximum absolute atomic E-state index is 10.8. The molecule has 8 heteroatoms. The minimum absolute atomic E-state index is 0. The topological polar surface area (TPSA) is 74.6 Å². The Bertz CT molecular complexity index is 702. The molecule has 2 heterocycles. The fourth-order valence-corrected chi connectivity index (χ4v) is 3.95. The van der Waals surface area contributed by atoms with Gasteiger partial charge in [0.1, 0.15) is 21.8 Å². The zero-order valence-corrected chi connectivity index (χ0v) is 15.3. The summed E-state index contributed by atoms with van der Waals surface area (Å²) in [4.78, 5) is 19.4. The summed E-state index contributed by atoms with van der Waals surface area (Å²) >= 11 is 2.90. The second-order valence-corrected chi connectivity index (χ2v) is 6.20. The normalized spacial score (nSPS) is 17.4. The molecule has 0 radical (unpaired) electrons. The number of aliphatic imine (C=N–C) groups is 1. The summed E-state index contributed by atoms with van der Waals surface area (Å²) in [6.07, 6.45) is 0. The SMILES string of the molecule is CCOc1ccc2nc(C3=NC(C(=O)[O-])CS3)sc2c1.[Na+]. The van der Waals surface area contributed by atoms with Gasteiger partial charge in [0.05, 0.1) is 22.8 Å². The summed E-state index contributed by atoms with van der Waals surface area (Å²) in [7, 11) is 0. The number of thioether (sulfide) groups is 1. The minimum atomic E-state index is -1.13. The van der Waals surface area contributed by atoms with E-state index in [-0.39, 0.29) is 29.6 Å². The summed E-state index contributed by atoms with van der Waals surface area (Å²) in [5, 5.41) is 12.2. The number of benzene rings is 1. The molecule has 0 saturated carbocycles. The number of fused-ring (bicyclic) bond motifs is 1. The van der Waals surface area contributed by atoms with E-state index in [0.29, 0.717) is 17.4 Å². The molecule has 0 N–H and O–H groups in total. The van der Waals surface area contributed by atoms with E-state index in [9.17, 15) is 9.90 Å². The van der Waals surface area contributed by atoms with Crippen LogP contribution in [0.4, 0.5) is 0 Å². The molecule has 1 aliphatic rings. The van der Waals surface area contributed by atoms with Crippen LogP contribution in [0, 0.1) is 0 Å². The van der Waals surface area contributed by atoms with Gasteiger partial charge in [0.2, 0.25) is 0 Å². The number of carbonyl (C=O) groups is 1. The molecule has 3 rings (SSSR count). The first-order chi connectivity index (χ1) is 9.67. The molecule has 1 aromatic heterocycles. The van der Waals surface area contributed by atoms with Crippen molar-refractivity contribution in [3.63, 3.8) is 0 Å². The summed E-state index contributed by atoms with van der Waals surface area (Å²) < 4.78 is 6.46. The zero-order valence-electron chi connectivity index (χ0n) is 11.7.